The number of anilines is 2. The molecule has 3 fully saturated rings. The minimum absolute atomic E-state index is 0.0761. The highest BCUT2D eigenvalue weighted by molar-refractivity contribution is 14.1. The topological polar surface area (TPSA) is 159 Å². The third-order valence-corrected chi connectivity index (χ3v) is 12.1. The zero-order chi connectivity index (χ0) is 37.3. The number of halogens is 1. The van der Waals surface area contributed by atoms with Crippen LogP contribution in [0.25, 0.3) is 0 Å². The molecule has 2 aliphatic carbocycles. The van der Waals surface area contributed by atoms with Crippen LogP contribution in [-0.4, -0.2) is 45.8 Å². The van der Waals surface area contributed by atoms with Gasteiger partial charge in [-0.05, 0) is 89.7 Å². The second-order valence-electron chi connectivity index (χ2n) is 13.9. The van der Waals surface area contributed by atoms with Crippen LogP contribution in [0.2, 0.25) is 0 Å². The molecule has 1 saturated carbocycles. The van der Waals surface area contributed by atoms with Crippen molar-refractivity contribution >= 4 is 63.3 Å². The number of carbonyl (C=O) groups excluding carboxylic acids is 4. The fourth-order valence-electron chi connectivity index (χ4n) is 9.04. The van der Waals surface area contributed by atoms with Crippen LogP contribution in [0, 0.1) is 44.3 Å². The van der Waals surface area contributed by atoms with Gasteiger partial charge in [0.05, 0.1) is 50.1 Å². The van der Waals surface area contributed by atoms with Crippen LogP contribution in [0.5, 0.6) is 11.5 Å². The van der Waals surface area contributed by atoms with Crippen LogP contribution >= 0.6 is 22.6 Å². The number of benzene rings is 4. The van der Waals surface area contributed by atoms with Gasteiger partial charge in [0, 0.05) is 18.1 Å². The number of allylic oxidation sites excluding steroid dienone is 2. The molecule has 13 heteroatoms. The summed E-state index contributed by atoms with van der Waals surface area (Å²) in [6.45, 7) is 1.94. The summed E-state index contributed by atoms with van der Waals surface area (Å²) in [4.78, 5) is 70.8. The van der Waals surface area contributed by atoms with Gasteiger partial charge in [0.25, 0.3) is 17.5 Å². The molecule has 4 aromatic carbocycles. The highest BCUT2D eigenvalue weighted by Gasteiger charge is 2.70. The Hall–Kier alpha value is -5.57. The number of rotatable bonds is 7. The Morgan fingerprint density at radius 3 is 2.36 bits per heavy atom. The number of nitro benzene ring substituents is 1. The van der Waals surface area contributed by atoms with Gasteiger partial charge in [-0.15, -0.1) is 0 Å². The Kier molecular flexibility index (Phi) is 8.35. The van der Waals surface area contributed by atoms with Gasteiger partial charge in [-0.25, -0.2) is 4.90 Å². The summed E-state index contributed by atoms with van der Waals surface area (Å²) in [7, 11) is 1.43. The van der Waals surface area contributed by atoms with E-state index in [1.807, 2.05) is 78.1 Å². The molecule has 4 amide bonds. The van der Waals surface area contributed by atoms with E-state index < -0.39 is 63.6 Å². The molecule has 0 aromatic heterocycles. The summed E-state index contributed by atoms with van der Waals surface area (Å²) in [5.41, 5.74) is 4.91. The van der Waals surface area contributed by atoms with Crippen LogP contribution in [-0.2, 0) is 24.6 Å². The van der Waals surface area contributed by atoms with Crippen LogP contribution < -0.4 is 15.1 Å². The third-order valence-electron chi connectivity index (χ3n) is 11.3. The molecule has 2 N–H and O–H groups in total. The predicted molar refractivity (Wildman–Crippen MR) is 202 cm³/mol. The lowest BCUT2D eigenvalue weighted by atomic mass is 9.49. The summed E-state index contributed by atoms with van der Waals surface area (Å²) in [6.07, 6.45) is 2.20. The first-order valence-electron chi connectivity index (χ1n) is 17.1. The van der Waals surface area contributed by atoms with Crippen LogP contribution in [0.15, 0.2) is 103 Å². The number of non-ortho nitro benzene ring substituents is 1. The van der Waals surface area contributed by atoms with E-state index in [2.05, 4.69) is 5.43 Å². The van der Waals surface area contributed by atoms with Gasteiger partial charge in [-0.1, -0.05) is 65.7 Å². The zero-order valence-corrected chi connectivity index (χ0v) is 30.7. The lowest BCUT2D eigenvalue weighted by molar-refractivity contribution is -0.384. The Bertz CT molecular complexity index is 2260. The van der Waals surface area contributed by atoms with E-state index >= 15 is 4.79 Å². The summed E-state index contributed by atoms with van der Waals surface area (Å²) in [5.74, 6) is -5.93. The molecule has 4 aromatic rings. The van der Waals surface area contributed by atoms with Gasteiger partial charge in [0.2, 0.25) is 11.8 Å². The Balaban J connectivity index is 1.33. The van der Waals surface area contributed by atoms with E-state index in [9.17, 15) is 29.6 Å². The maximum Gasteiger partial charge on any atom is 0.271 e. The normalized spacial score (nSPS) is 26.2. The summed E-state index contributed by atoms with van der Waals surface area (Å²) in [6, 6.07) is 25.3. The molecule has 8 rings (SSSR count). The number of methoxy groups -OCH3 is 1. The van der Waals surface area contributed by atoms with Gasteiger partial charge in [0.1, 0.15) is 0 Å². The number of imide groups is 2. The lowest BCUT2D eigenvalue weighted by Crippen LogP contribution is -2.53. The average molecular weight is 825 g/mol. The van der Waals surface area contributed by atoms with Crippen molar-refractivity contribution in [3.05, 3.63) is 133 Å². The second kappa shape index (κ2) is 12.8. The molecule has 53 heavy (non-hydrogen) atoms. The largest absolute Gasteiger partial charge is 0.504 e. The standard InChI is InChI=1S/C40H33IN4O8/c1-21-11-13-24(14-12-21)42-44-37(48)30-20-29-27(15-16-28-33(29)38(49)43(36(28)47)25-9-6-10-26(19-25)45(51)52)34(22-17-31(41)35(46)32(18-22)53-2)40(30,39(44)50)23-7-4-3-5-8-23/h3-15,17-19,28-30,33-34,42,46H,16,20H2,1-2H3. The van der Waals surface area contributed by atoms with Crippen molar-refractivity contribution in [2.45, 2.75) is 31.1 Å². The van der Waals surface area contributed by atoms with Gasteiger partial charge < -0.3 is 9.84 Å². The van der Waals surface area contributed by atoms with E-state index in [-0.39, 0.29) is 35.7 Å². The van der Waals surface area contributed by atoms with Crippen molar-refractivity contribution in [2.75, 3.05) is 17.4 Å². The Labute approximate surface area is 317 Å². The van der Waals surface area contributed by atoms with Crippen LogP contribution in [0.3, 0.4) is 0 Å². The van der Waals surface area contributed by atoms with E-state index in [4.69, 9.17) is 4.74 Å². The first kappa shape index (κ1) is 34.5. The van der Waals surface area contributed by atoms with Crippen LogP contribution in [0.1, 0.15) is 35.4 Å². The minimum Gasteiger partial charge on any atom is -0.504 e. The highest BCUT2D eigenvalue weighted by Crippen LogP contribution is 2.64. The monoisotopic (exact) mass is 824 g/mol. The number of carbonyl (C=O) groups is 4. The van der Waals surface area contributed by atoms with Crippen molar-refractivity contribution < 1.29 is 33.9 Å². The Morgan fingerprint density at radius 2 is 1.66 bits per heavy atom. The number of phenols is 1. The highest BCUT2D eigenvalue weighted by atomic mass is 127. The van der Waals surface area contributed by atoms with Gasteiger partial charge in [-0.3, -0.25) is 34.7 Å². The number of ether oxygens (including phenoxy) is 1. The van der Waals surface area contributed by atoms with Gasteiger partial charge in [-0.2, -0.15) is 5.01 Å². The summed E-state index contributed by atoms with van der Waals surface area (Å²) >= 11 is 2.00. The maximum atomic E-state index is 15.3. The van der Waals surface area contributed by atoms with Crippen molar-refractivity contribution in [3.8, 4) is 11.5 Å². The predicted octanol–water partition coefficient (Wildman–Crippen LogP) is 6.41. The SMILES string of the molecule is COc1cc(C2C3=CCC4C(=O)N(c5cccc([N+](=O)[O-])c5)C(=O)C4C3CC3C(=O)N(Nc4ccc(C)cc4)C(=O)C32c2ccccc2)cc(I)c1O. The van der Waals surface area contributed by atoms with E-state index in [1.54, 1.807) is 24.3 Å². The average Bonchev–Trinajstić information content (AvgIpc) is 3.54. The first-order valence-corrected chi connectivity index (χ1v) is 18.2. The van der Waals surface area contributed by atoms with Crippen molar-refractivity contribution in [1.29, 1.82) is 0 Å². The number of nitrogens with one attached hydrogen (secondary N) is 1. The number of phenolic OH excluding ortho intramolecular Hbond substituents is 1. The number of nitro groups is 1. The molecule has 0 spiro atoms. The smallest absolute Gasteiger partial charge is 0.271 e. The van der Waals surface area contributed by atoms with E-state index in [0.717, 1.165) is 21.0 Å². The molecule has 0 bridgehead atoms. The molecular formula is C40H33IN4O8. The molecule has 6 atom stereocenters. The van der Waals surface area contributed by atoms with Crippen molar-refractivity contribution in [2.24, 2.45) is 23.7 Å². The summed E-state index contributed by atoms with van der Waals surface area (Å²) < 4.78 is 6.05. The van der Waals surface area contributed by atoms with Crippen molar-refractivity contribution in [3.63, 3.8) is 0 Å². The number of aryl methyl sites for hydroxylation is 1. The summed E-state index contributed by atoms with van der Waals surface area (Å²) in [5, 5.41) is 23.6. The molecule has 0 radical (unpaired) electrons. The molecule has 6 unspecified atom stereocenters. The van der Waals surface area contributed by atoms with Crippen LogP contribution in [0.4, 0.5) is 17.1 Å². The third kappa shape index (κ3) is 5.15. The number of hydrazine groups is 1. The van der Waals surface area contributed by atoms with Gasteiger partial charge >= 0.3 is 0 Å². The number of fused-ring (bicyclic) bond motifs is 4. The molecule has 2 aliphatic heterocycles. The quantitative estimate of drug-likeness (QED) is 0.0706. The molecular weight excluding hydrogens is 791 g/mol. The molecule has 2 saturated heterocycles. The number of hydrogen-bond acceptors (Lipinski definition) is 9. The van der Waals surface area contributed by atoms with Gasteiger partial charge in [0.15, 0.2) is 11.5 Å². The first-order chi connectivity index (χ1) is 25.5. The maximum absolute atomic E-state index is 15.3. The second-order valence-corrected chi connectivity index (χ2v) is 15.1. The molecule has 4 aliphatic rings. The number of nitrogens with zero attached hydrogens (tertiary/aromatic N) is 3. The fourth-order valence-corrected chi connectivity index (χ4v) is 9.66. The molecule has 268 valence electrons. The van der Waals surface area contributed by atoms with Crippen molar-refractivity contribution in [1.82, 2.24) is 5.01 Å². The number of hydrogen-bond donors (Lipinski definition) is 2. The fraction of sp³-hybridized carbons (Fsp3) is 0.250. The lowest BCUT2D eigenvalue weighted by Gasteiger charge is -2.50. The molecule has 12 nitrogen and oxygen atoms in total. The van der Waals surface area contributed by atoms with E-state index in [0.29, 0.717) is 20.4 Å². The minimum atomic E-state index is -1.50. The zero-order valence-electron chi connectivity index (χ0n) is 28.6. The number of amides is 4. The van der Waals surface area contributed by atoms with E-state index in [1.165, 1.54) is 31.4 Å². The number of aromatic hydroxyl groups is 1. The Morgan fingerprint density at radius 1 is 0.925 bits per heavy atom. The molecule has 2 heterocycles.